The highest BCUT2D eigenvalue weighted by molar-refractivity contribution is 7.89. The lowest BCUT2D eigenvalue weighted by atomic mass is 10.0. The molecule has 0 aliphatic carbocycles. The van der Waals surface area contributed by atoms with Crippen molar-refractivity contribution in [2.75, 3.05) is 12.8 Å². The standard InChI is InChI=1S/C16H16N4O2S2/c1-16(10-24(21,22)20(2)15(18)19-16)14-7-6-13(23-14)12-5-3-4-11(8-12)9-17/h3-8H,10H2,1-2H3,(H2,18,19)/t16-/m0/s1. The van der Waals surface area contributed by atoms with E-state index < -0.39 is 15.6 Å². The van der Waals surface area contributed by atoms with Crippen LogP contribution in [0.4, 0.5) is 0 Å². The largest absolute Gasteiger partial charge is 0.344 e. The molecule has 1 aromatic heterocycles. The number of hydrogen-bond acceptors (Lipinski definition) is 5. The number of sulfonamides is 1. The van der Waals surface area contributed by atoms with Gasteiger partial charge in [-0.05, 0) is 36.8 Å². The van der Waals surface area contributed by atoms with Crippen molar-refractivity contribution in [2.45, 2.75) is 12.5 Å². The van der Waals surface area contributed by atoms with Gasteiger partial charge in [0.15, 0.2) is 0 Å². The average molecular weight is 360 g/mol. The Kier molecular flexibility index (Phi) is 3.86. The third-order valence-electron chi connectivity index (χ3n) is 4.02. The quantitative estimate of drug-likeness (QED) is 0.859. The summed E-state index contributed by atoms with van der Waals surface area (Å²) in [5.74, 6) is -0.248. The number of rotatable bonds is 2. The Morgan fingerprint density at radius 2 is 2.12 bits per heavy atom. The summed E-state index contributed by atoms with van der Waals surface area (Å²) in [6.07, 6.45) is 0. The maximum Gasteiger partial charge on any atom is 0.239 e. The number of benzene rings is 1. The van der Waals surface area contributed by atoms with Gasteiger partial charge in [0.2, 0.25) is 16.0 Å². The van der Waals surface area contributed by atoms with Crippen LogP contribution in [0.15, 0.2) is 36.4 Å². The molecule has 1 atom stereocenters. The van der Waals surface area contributed by atoms with Gasteiger partial charge >= 0.3 is 0 Å². The van der Waals surface area contributed by atoms with Gasteiger partial charge in [0, 0.05) is 16.8 Å². The molecule has 1 aromatic carbocycles. The fourth-order valence-electron chi connectivity index (χ4n) is 2.64. The van der Waals surface area contributed by atoms with Crippen LogP contribution in [0.5, 0.6) is 0 Å². The van der Waals surface area contributed by atoms with Gasteiger partial charge in [-0.1, -0.05) is 12.1 Å². The Morgan fingerprint density at radius 3 is 2.79 bits per heavy atom. The molecule has 8 heteroatoms. The van der Waals surface area contributed by atoms with E-state index >= 15 is 0 Å². The van der Waals surface area contributed by atoms with Crippen LogP contribution in [0.2, 0.25) is 0 Å². The first-order chi connectivity index (χ1) is 11.2. The molecule has 1 aliphatic heterocycles. The monoisotopic (exact) mass is 360 g/mol. The Balaban J connectivity index is 1.98. The van der Waals surface area contributed by atoms with Crippen LogP contribution in [0.1, 0.15) is 17.4 Å². The minimum atomic E-state index is -3.52. The lowest BCUT2D eigenvalue weighted by Crippen LogP contribution is -2.60. The van der Waals surface area contributed by atoms with E-state index in [2.05, 4.69) is 11.4 Å². The number of nitriles is 1. The lowest BCUT2D eigenvalue weighted by molar-refractivity contribution is 0.424. The van der Waals surface area contributed by atoms with E-state index in [1.165, 1.54) is 18.4 Å². The summed E-state index contributed by atoms with van der Waals surface area (Å²) in [5.41, 5.74) is 0.647. The zero-order chi connectivity index (χ0) is 17.5. The van der Waals surface area contributed by atoms with Gasteiger partial charge in [0.05, 0.1) is 22.9 Å². The highest BCUT2D eigenvalue weighted by atomic mass is 32.2. The van der Waals surface area contributed by atoms with Gasteiger partial charge < -0.3 is 5.32 Å². The predicted octanol–water partition coefficient (Wildman–Crippen LogP) is 2.30. The topological polar surface area (TPSA) is 97.1 Å². The molecule has 1 saturated heterocycles. The summed E-state index contributed by atoms with van der Waals surface area (Å²) in [7, 11) is -2.15. The second-order valence-electron chi connectivity index (χ2n) is 5.89. The molecule has 2 heterocycles. The molecule has 0 amide bonds. The summed E-state index contributed by atoms with van der Waals surface area (Å²) in [4.78, 5) is 1.79. The molecule has 124 valence electrons. The predicted molar refractivity (Wildman–Crippen MR) is 94.2 cm³/mol. The van der Waals surface area contributed by atoms with Gasteiger partial charge in [-0.15, -0.1) is 11.3 Å². The van der Waals surface area contributed by atoms with Gasteiger partial charge in [0.25, 0.3) is 0 Å². The summed E-state index contributed by atoms with van der Waals surface area (Å²) in [5, 5.41) is 19.9. The van der Waals surface area contributed by atoms with Crippen molar-refractivity contribution in [3.8, 4) is 16.5 Å². The summed E-state index contributed by atoms with van der Waals surface area (Å²) >= 11 is 1.46. The van der Waals surface area contributed by atoms with E-state index in [0.29, 0.717) is 5.56 Å². The van der Waals surface area contributed by atoms with Crippen LogP contribution >= 0.6 is 11.3 Å². The second-order valence-corrected chi connectivity index (χ2v) is 8.97. The second kappa shape index (κ2) is 5.61. The smallest absolute Gasteiger partial charge is 0.239 e. The van der Waals surface area contributed by atoms with E-state index in [-0.39, 0.29) is 11.7 Å². The molecule has 1 aliphatic rings. The van der Waals surface area contributed by atoms with E-state index in [1.807, 2.05) is 24.3 Å². The van der Waals surface area contributed by atoms with Gasteiger partial charge in [0.1, 0.15) is 0 Å². The molecule has 0 saturated carbocycles. The number of nitrogens with one attached hydrogen (secondary N) is 2. The van der Waals surface area contributed by atoms with Crippen molar-refractivity contribution in [2.24, 2.45) is 0 Å². The minimum Gasteiger partial charge on any atom is -0.344 e. The third-order valence-corrected chi connectivity index (χ3v) is 7.38. The molecule has 2 N–H and O–H groups in total. The molecular formula is C16H16N4O2S2. The first-order valence-electron chi connectivity index (χ1n) is 7.19. The Morgan fingerprint density at radius 1 is 1.38 bits per heavy atom. The first-order valence-corrected chi connectivity index (χ1v) is 9.62. The number of guanidine groups is 1. The molecule has 1 fully saturated rings. The zero-order valence-corrected chi connectivity index (χ0v) is 14.8. The number of nitrogens with zero attached hydrogens (tertiary/aromatic N) is 2. The van der Waals surface area contributed by atoms with Crippen LogP contribution in [-0.2, 0) is 15.6 Å². The van der Waals surface area contributed by atoms with Gasteiger partial charge in [-0.3, -0.25) is 5.41 Å². The average Bonchev–Trinajstić information content (AvgIpc) is 3.03. The van der Waals surface area contributed by atoms with Crippen molar-refractivity contribution in [3.05, 3.63) is 46.8 Å². The molecule has 24 heavy (non-hydrogen) atoms. The SMILES string of the molecule is CN1C(=N)N[C@](C)(c2ccc(-c3cccc(C#N)c3)s2)CS1(=O)=O. The molecular weight excluding hydrogens is 344 g/mol. The zero-order valence-electron chi connectivity index (χ0n) is 13.2. The molecule has 2 aromatic rings. The van der Waals surface area contributed by atoms with Crippen LogP contribution < -0.4 is 5.32 Å². The Labute approximate surface area is 144 Å². The molecule has 0 bridgehead atoms. The molecule has 0 unspecified atom stereocenters. The first kappa shape index (κ1) is 16.5. The van der Waals surface area contributed by atoms with Crippen molar-refractivity contribution in [1.29, 1.82) is 10.7 Å². The lowest BCUT2D eigenvalue weighted by Gasteiger charge is -2.39. The maximum absolute atomic E-state index is 12.3. The summed E-state index contributed by atoms with van der Waals surface area (Å²) in [6, 6.07) is 13.2. The van der Waals surface area contributed by atoms with E-state index in [9.17, 15) is 8.42 Å². The van der Waals surface area contributed by atoms with Crippen molar-refractivity contribution < 1.29 is 8.42 Å². The number of hydrogen-bond donors (Lipinski definition) is 2. The number of thiophene rings is 1. The van der Waals surface area contributed by atoms with Crippen molar-refractivity contribution in [3.63, 3.8) is 0 Å². The summed E-state index contributed by atoms with van der Waals surface area (Å²) < 4.78 is 25.5. The molecule has 3 rings (SSSR count). The summed E-state index contributed by atoms with van der Waals surface area (Å²) in [6.45, 7) is 1.79. The molecule has 0 radical (unpaired) electrons. The van der Waals surface area contributed by atoms with E-state index in [4.69, 9.17) is 10.7 Å². The fraction of sp³-hybridized carbons (Fsp3) is 0.250. The van der Waals surface area contributed by atoms with E-state index in [0.717, 1.165) is 19.6 Å². The van der Waals surface area contributed by atoms with Crippen molar-refractivity contribution >= 4 is 27.3 Å². The van der Waals surface area contributed by atoms with Crippen LogP contribution in [0, 0.1) is 16.7 Å². The Bertz CT molecular complexity index is 958. The highest BCUT2D eigenvalue weighted by Crippen LogP contribution is 2.36. The van der Waals surface area contributed by atoms with Gasteiger partial charge in [-0.25, -0.2) is 12.7 Å². The highest BCUT2D eigenvalue weighted by Gasteiger charge is 2.42. The van der Waals surface area contributed by atoms with Crippen LogP contribution in [0.3, 0.4) is 0 Å². The van der Waals surface area contributed by atoms with Crippen LogP contribution in [0.25, 0.3) is 10.4 Å². The minimum absolute atomic E-state index is 0.114. The molecule has 6 nitrogen and oxygen atoms in total. The normalized spacial score (nSPS) is 22.7. The maximum atomic E-state index is 12.3. The van der Waals surface area contributed by atoms with Gasteiger partial charge in [-0.2, -0.15) is 5.26 Å². The third kappa shape index (κ3) is 2.77. The van der Waals surface area contributed by atoms with Crippen molar-refractivity contribution in [1.82, 2.24) is 9.62 Å². The Hall–Kier alpha value is -2.37. The molecule has 0 spiro atoms. The van der Waals surface area contributed by atoms with Crippen LogP contribution in [-0.4, -0.2) is 31.5 Å². The fourth-order valence-corrected chi connectivity index (χ4v) is 5.31. The van der Waals surface area contributed by atoms with E-state index in [1.54, 1.807) is 19.1 Å².